The number of carbonyl (C=O) groups is 1. The minimum Gasteiger partial charge on any atom is -0.301 e. The van der Waals surface area contributed by atoms with Gasteiger partial charge in [0, 0.05) is 12.8 Å². The number of amides is 1. The molecular weight excluding hydrogens is 394 g/mol. The summed E-state index contributed by atoms with van der Waals surface area (Å²) in [7, 11) is -3.47. The molecule has 1 heterocycles. The van der Waals surface area contributed by atoms with Gasteiger partial charge in [0.2, 0.25) is 11.0 Å². The molecule has 0 bridgehead atoms. The van der Waals surface area contributed by atoms with Gasteiger partial charge < -0.3 is 5.32 Å². The minimum absolute atomic E-state index is 0.125. The fourth-order valence-electron chi connectivity index (χ4n) is 2.65. The van der Waals surface area contributed by atoms with Crippen molar-refractivity contribution in [3.8, 4) is 0 Å². The second-order valence-electron chi connectivity index (χ2n) is 6.27. The van der Waals surface area contributed by atoms with Gasteiger partial charge in [-0.15, -0.1) is 10.2 Å². The second-order valence-corrected chi connectivity index (χ2v) is 9.44. The van der Waals surface area contributed by atoms with Gasteiger partial charge in [-0.05, 0) is 30.5 Å². The summed E-state index contributed by atoms with van der Waals surface area (Å²) in [6.45, 7) is 0. The number of aromatic nitrogens is 2. The van der Waals surface area contributed by atoms with Gasteiger partial charge in [-0.2, -0.15) is 0 Å². The van der Waals surface area contributed by atoms with E-state index in [0.717, 1.165) is 24.3 Å². The average molecular weight is 416 g/mol. The van der Waals surface area contributed by atoms with E-state index in [1.54, 1.807) is 18.2 Å². The largest absolute Gasteiger partial charge is 0.301 e. The third-order valence-corrected chi connectivity index (χ3v) is 6.74. The first kappa shape index (κ1) is 20.2. The number of sulfone groups is 1. The molecule has 0 aliphatic heterocycles. The van der Waals surface area contributed by atoms with Crippen LogP contribution < -0.4 is 5.32 Å². The molecule has 0 aliphatic carbocycles. The molecule has 0 spiro atoms. The molecule has 0 fully saturated rings. The van der Waals surface area contributed by atoms with Crippen LogP contribution in [0.15, 0.2) is 65.6 Å². The highest BCUT2D eigenvalue weighted by Gasteiger charge is 2.17. The Hall–Kier alpha value is -2.58. The molecule has 0 saturated carbocycles. The Balaban J connectivity index is 1.45. The van der Waals surface area contributed by atoms with Crippen molar-refractivity contribution < 1.29 is 13.2 Å². The lowest BCUT2D eigenvalue weighted by Crippen LogP contribution is -2.17. The standard InChI is InChI=1S/C20H21N3O3S2/c24-18(14-15-28(25,26)17-11-5-2-6-12-17)21-20-23-22-19(27-20)13-7-10-16-8-3-1-4-9-16/h1-6,8-9,11-12H,7,10,13-15H2,(H,21,23,24). The molecule has 146 valence electrons. The van der Waals surface area contributed by atoms with Gasteiger partial charge in [0.15, 0.2) is 9.84 Å². The zero-order valence-corrected chi connectivity index (χ0v) is 16.9. The van der Waals surface area contributed by atoms with E-state index in [1.165, 1.54) is 29.0 Å². The van der Waals surface area contributed by atoms with Crippen LogP contribution in [0.4, 0.5) is 5.13 Å². The van der Waals surface area contributed by atoms with Crippen LogP contribution in [0.1, 0.15) is 23.4 Å². The van der Waals surface area contributed by atoms with Crippen molar-refractivity contribution in [2.24, 2.45) is 0 Å². The van der Waals surface area contributed by atoms with Crippen LogP contribution in [0.3, 0.4) is 0 Å². The number of hydrogen-bond donors (Lipinski definition) is 1. The third kappa shape index (κ3) is 5.97. The van der Waals surface area contributed by atoms with Crippen LogP contribution in [0.2, 0.25) is 0 Å². The Labute approximate surface area is 168 Å². The number of hydrogen-bond acceptors (Lipinski definition) is 6. The molecule has 3 aromatic rings. The van der Waals surface area contributed by atoms with E-state index in [2.05, 4.69) is 27.6 Å². The molecule has 1 aromatic heterocycles. The van der Waals surface area contributed by atoms with Crippen LogP contribution in [-0.2, 0) is 27.5 Å². The second kappa shape index (κ2) is 9.57. The van der Waals surface area contributed by atoms with E-state index in [9.17, 15) is 13.2 Å². The molecule has 6 nitrogen and oxygen atoms in total. The molecule has 8 heteroatoms. The topological polar surface area (TPSA) is 89.0 Å². The summed E-state index contributed by atoms with van der Waals surface area (Å²) in [5.41, 5.74) is 1.28. The van der Waals surface area contributed by atoms with Crippen molar-refractivity contribution in [1.29, 1.82) is 0 Å². The summed E-state index contributed by atoms with van der Waals surface area (Å²) in [5.74, 6) is -0.627. The first-order valence-corrected chi connectivity index (χ1v) is 11.4. The van der Waals surface area contributed by atoms with E-state index in [1.807, 2.05) is 18.2 Å². The number of carbonyl (C=O) groups excluding carboxylic acids is 1. The summed E-state index contributed by atoms with van der Waals surface area (Å²) in [5, 5.41) is 11.9. The number of nitrogens with zero attached hydrogens (tertiary/aromatic N) is 2. The quantitative estimate of drug-likeness (QED) is 0.578. The van der Waals surface area contributed by atoms with Crippen LogP contribution in [-0.4, -0.2) is 30.3 Å². The van der Waals surface area contributed by atoms with E-state index >= 15 is 0 Å². The molecule has 2 aromatic carbocycles. The molecule has 0 unspecified atom stereocenters. The Morgan fingerprint density at radius 3 is 2.32 bits per heavy atom. The predicted molar refractivity (Wildman–Crippen MR) is 110 cm³/mol. The number of rotatable bonds is 9. The van der Waals surface area contributed by atoms with Gasteiger partial charge in [-0.25, -0.2) is 8.42 Å². The van der Waals surface area contributed by atoms with E-state index < -0.39 is 9.84 Å². The molecule has 0 radical (unpaired) electrons. The Morgan fingerprint density at radius 2 is 1.61 bits per heavy atom. The third-order valence-electron chi connectivity index (χ3n) is 4.11. The first-order chi connectivity index (χ1) is 13.5. The molecule has 0 aliphatic rings. The lowest BCUT2D eigenvalue weighted by molar-refractivity contribution is -0.115. The summed E-state index contributed by atoms with van der Waals surface area (Å²) in [6.07, 6.45) is 2.56. The lowest BCUT2D eigenvalue weighted by atomic mass is 10.1. The van der Waals surface area contributed by atoms with Crippen molar-refractivity contribution in [2.75, 3.05) is 11.1 Å². The highest BCUT2D eigenvalue weighted by atomic mass is 32.2. The maximum atomic E-state index is 12.2. The van der Waals surface area contributed by atoms with Gasteiger partial charge in [0.05, 0.1) is 10.6 Å². The first-order valence-electron chi connectivity index (χ1n) is 8.97. The van der Waals surface area contributed by atoms with Crippen LogP contribution in [0.5, 0.6) is 0 Å². The van der Waals surface area contributed by atoms with Crippen LogP contribution in [0.25, 0.3) is 0 Å². The van der Waals surface area contributed by atoms with Crippen molar-refractivity contribution >= 4 is 32.2 Å². The van der Waals surface area contributed by atoms with Gasteiger partial charge >= 0.3 is 0 Å². The van der Waals surface area contributed by atoms with E-state index in [4.69, 9.17) is 0 Å². The number of benzene rings is 2. The van der Waals surface area contributed by atoms with Gasteiger partial charge in [-0.1, -0.05) is 59.9 Å². The summed E-state index contributed by atoms with van der Waals surface area (Å²) in [6, 6.07) is 18.3. The van der Waals surface area contributed by atoms with E-state index in [-0.39, 0.29) is 23.0 Å². The van der Waals surface area contributed by atoms with Crippen molar-refractivity contribution in [1.82, 2.24) is 10.2 Å². The normalized spacial score (nSPS) is 11.3. The molecule has 3 rings (SSSR count). The average Bonchev–Trinajstić information content (AvgIpc) is 3.15. The highest BCUT2D eigenvalue weighted by Crippen LogP contribution is 2.18. The van der Waals surface area contributed by atoms with Gasteiger partial charge in [0.1, 0.15) is 5.01 Å². The molecule has 1 amide bonds. The van der Waals surface area contributed by atoms with Crippen molar-refractivity contribution in [3.63, 3.8) is 0 Å². The maximum absolute atomic E-state index is 12.2. The maximum Gasteiger partial charge on any atom is 0.227 e. The number of aryl methyl sites for hydroxylation is 2. The lowest BCUT2D eigenvalue weighted by Gasteiger charge is -2.04. The summed E-state index contributed by atoms with van der Waals surface area (Å²) < 4.78 is 24.4. The monoisotopic (exact) mass is 415 g/mol. The zero-order chi connectivity index (χ0) is 19.8. The number of anilines is 1. The molecule has 0 saturated heterocycles. The van der Waals surface area contributed by atoms with Gasteiger partial charge in [-0.3, -0.25) is 4.79 Å². The summed E-state index contributed by atoms with van der Waals surface area (Å²) >= 11 is 1.32. The summed E-state index contributed by atoms with van der Waals surface area (Å²) in [4.78, 5) is 12.3. The van der Waals surface area contributed by atoms with Gasteiger partial charge in [0.25, 0.3) is 0 Å². The Morgan fingerprint density at radius 1 is 0.929 bits per heavy atom. The fourth-order valence-corrected chi connectivity index (χ4v) is 4.71. The SMILES string of the molecule is O=C(CCS(=O)(=O)c1ccccc1)Nc1nnc(CCCc2ccccc2)s1. The van der Waals surface area contributed by atoms with Crippen molar-refractivity contribution in [2.45, 2.75) is 30.6 Å². The highest BCUT2D eigenvalue weighted by molar-refractivity contribution is 7.91. The predicted octanol–water partition coefficient (Wildman–Crippen LogP) is 3.52. The fraction of sp³-hybridized carbons (Fsp3) is 0.250. The minimum atomic E-state index is -3.47. The molecule has 1 N–H and O–H groups in total. The molecule has 0 atom stereocenters. The Bertz CT molecular complexity index is 1000. The number of nitrogens with one attached hydrogen (secondary N) is 1. The molecular formula is C20H21N3O3S2. The van der Waals surface area contributed by atoms with Crippen molar-refractivity contribution in [3.05, 3.63) is 71.2 Å². The van der Waals surface area contributed by atoms with Crippen LogP contribution >= 0.6 is 11.3 Å². The molecule has 28 heavy (non-hydrogen) atoms. The van der Waals surface area contributed by atoms with Crippen LogP contribution in [0, 0.1) is 0 Å². The Kier molecular flexibility index (Phi) is 6.89. The van der Waals surface area contributed by atoms with E-state index in [0.29, 0.717) is 5.13 Å². The smallest absolute Gasteiger partial charge is 0.227 e. The zero-order valence-electron chi connectivity index (χ0n) is 15.2.